The van der Waals surface area contributed by atoms with Gasteiger partial charge < -0.3 is 101 Å². The van der Waals surface area contributed by atoms with Crippen molar-refractivity contribution in [1.82, 2.24) is 39.2 Å². The molecule has 12 bridgehead atoms. The number of hydrogen-bond donors (Lipinski definition) is 0. The number of methoxy groups -OCH3 is 9. The maximum Gasteiger partial charge on any atom is 0.296 e. The van der Waals surface area contributed by atoms with Crippen LogP contribution in [0.15, 0.2) is 158 Å². The van der Waals surface area contributed by atoms with Gasteiger partial charge in [0.1, 0.15) is 30.3 Å². The minimum atomic E-state index is -0.747. The van der Waals surface area contributed by atoms with Crippen LogP contribution in [0.1, 0.15) is 237 Å². The van der Waals surface area contributed by atoms with E-state index in [4.69, 9.17) is 61.6 Å². The highest BCUT2D eigenvalue weighted by Gasteiger charge is 2.61. The normalized spacial score (nSPS) is 24.7. The standard InChI is InChI=1S/C34H38N2O7.C28H32N2O8.C28H36N2O4.C23H30N2O6.4CH4/c1-22(31(24-14-9-6-10-15-24)43-21-23-12-7-5-8-13-23)35-20-26-16-11-17-27(33(35)38)36(26)34(39)30(37)25-18-28(40-2)32(42-4)29(19-25)41-3;1-34-22-12-18(13-23(35-2)25(22)36-3)24(31)27(33)30-20-10-7-11-21(30)28-29(26(20)32)19(16-38-28)15-37-14-17-8-5-4-6-9-17;31-25(28-14-20-11-21(15-28)13-22(12-20)16-28)27(33)30-23-7-4-8-24(30)26(32)29(17-23)9-10-34-18-19-5-2-1-3-6-19;1-29-18-11-14(12-19(30-2)21(18)31-3)20(26)23(28)25-16-9-6-10-17(25)22(27)24(13-16)15-7-4-5-8-15;;;;/h5-10,12-15,18-19,22,26-27,31H,11,16-17,20-21H2,1-4H3;4-6,8-9,12-13,19-21,28H,7,10-11,14-16H2,1-3H3;1-3,5-6,20-24H,4,7-18H2;11-12,15-17H,4-10,13H2,1-3H3;4*1H4/t22-,26?,27?,31+;;;;;;;/m0......./s1. The van der Waals surface area contributed by atoms with Crippen LogP contribution in [0.2, 0.25) is 0 Å². The first-order chi connectivity index (χ1) is 70.9. The first-order valence-electron chi connectivity index (χ1n) is 51.5. The van der Waals surface area contributed by atoms with Crippen LogP contribution in [0, 0.1) is 23.2 Å². The van der Waals surface area contributed by atoms with E-state index in [0.29, 0.717) is 151 Å². The minimum absolute atomic E-state index is 0. The summed E-state index contributed by atoms with van der Waals surface area (Å²) in [5, 5.41) is 0. The van der Waals surface area contributed by atoms with Gasteiger partial charge >= 0.3 is 0 Å². The van der Waals surface area contributed by atoms with Crippen LogP contribution < -0.4 is 42.6 Å². The van der Waals surface area contributed by atoms with Gasteiger partial charge in [-0.2, -0.15) is 0 Å². The Morgan fingerprint density at radius 2 is 0.760 bits per heavy atom. The van der Waals surface area contributed by atoms with E-state index in [1.54, 1.807) is 14.7 Å². The number of fused-ring (bicyclic) bond motifs is 10. The molecule has 21 rings (SSSR count). The van der Waals surface area contributed by atoms with Crippen molar-refractivity contribution in [3.8, 4) is 51.7 Å². The number of likely N-dealkylation sites (tertiary alicyclic amines) is 3. The molecule has 0 spiro atoms. The Labute approximate surface area is 882 Å². The van der Waals surface area contributed by atoms with Crippen LogP contribution in [-0.2, 0) is 81.9 Å². The van der Waals surface area contributed by atoms with Crippen molar-refractivity contribution in [3.05, 3.63) is 197 Å². The molecule has 7 aromatic rings. The van der Waals surface area contributed by atoms with Crippen LogP contribution in [0.25, 0.3) is 0 Å². The Bertz CT molecular complexity index is 5780. The zero-order valence-electron chi connectivity index (χ0n) is 85.2. The summed E-state index contributed by atoms with van der Waals surface area (Å²) in [5.74, 6) is -0.582. The average molecular weight is 2070 g/mol. The van der Waals surface area contributed by atoms with Gasteiger partial charge in [0.05, 0.1) is 140 Å². The molecule has 5 aliphatic carbocycles. The first kappa shape index (κ1) is 114. The molecule has 0 N–H and O–H groups in total. The van der Waals surface area contributed by atoms with E-state index in [0.717, 1.165) is 106 Å². The molecule has 0 radical (unpaired) electrons. The zero-order chi connectivity index (χ0) is 103. The molecule has 8 amide bonds. The smallest absolute Gasteiger partial charge is 0.296 e. The summed E-state index contributed by atoms with van der Waals surface area (Å²) in [6.07, 6.45) is 18.4. The second-order valence-corrected chi connectivity index (χ2v) is 40.7. The van der Waals surface area contributed by atoms with Gasteiger partial charge in [-0.25, -0.2) is 0 Å². The summed E-state index contributed by atoms with van der Waals surface area (Å²) in [4.78, 5) is 176. The predicted octanol–water partition coefficient (Wildman–Crippen LogP) is 15.8. The highest BCUT2D eigenvalue weighted by Crippen LogP contribution is 2.61. The number of ketones is 4. The Kier molecular flexibility index (Phi) is 39.0. The molecule has 33 heteroatoms. The Balaban J connectivity index is 0.000000166. The first-order valence-corrected chi connectivity index (χ1v) is 51.5. The number of hydrogen-bond acceptors (Lipinski definition) is 25. The zero-order valence-corrected chi connectivity index (χ0v) is 85.2. The Hall–Kier alpha value is -13.0. The third-order valence-electron chi connectivity index (χ3n) is 32.0. The van der Waals surface area contributed by atoms with Crippen LogP contribution in [-0.4, -0.2) is 292 Å². The van der Waals surface area contributed by atoms with E-state index >= 15 is 0 Å². The van der Waals surface area contributed by atoms with Gasteiger partial charge in [0.2, 0.25) is 46.7 Å². The van der Waals surface area contributed by atoms with E-state index in [-0.39, 0.29) is 147 Å². The summed E-state index contributed by atoms with van der Waals surface area (Å²) in [5.41, 5.74) is 4.10. The molecular formula is C117H152N8O25. The maximum absolute atomic E-state index is 14.1. The summed E-state index contributed by atoms with van der Waals surface area (Å²) in [6.45, 7) is 6.37. The molecule has 150 heavy (non-hydrogen) atoms. The average Bonchev–Trinajstić information content (AvgIpc) is 0.768. The van der Waals surface area contributed by atoms with Crippen LogP contribution >= 0.6 is 0 Å². The molecule has 5 saturated carbocycles. The number of Topliss-reactive ketones (excluding diaryl/α,β-unsaturated/α-hetero) is 4. The number of amides is 8. The Morgan fingerprint density at radius 1 is 0.387 bits per heavy atom. The van der Waals surface area contributed by atoms with Crippen molar-refractivity contribution in [2.24, 2.45) is 23.2 Å². The molecule has 9 saturated heterocycles. The molecular weight excluding hydrogens is 1920 g/mol. The van der Waals surface area contributed by atoms with Crippen LogP contribution in [0.4, 0.5) is 0 Å². The van der Waals surface area contributed by atoms with Crippen LogP contribution in [0.5, 0.6) is 51.7 Å². The van der Waals surface area contributed by atoms with Crippen molar-refractivity contribution >= 4 is 70.4 Å². The molecule has 7 aromatic carbocycles. The van der Waals surface area contributed by atoms with Gasteiger partial charge in [0.25, 0.3) is 41.0 Å². The fourth-order valence-corrected chi connectivity index (χ4v) is 25.4. The number of carbonyl (C=O) groups excluding carboxylic acids is 12. The van der Waals surface area contributed by atoms with Crippen molar-refractivity contribution in [1.29, 1.82) is 0 Å². The van der Waals surface area contributed by atoms with Gasteiger partial charge in [-0.1, -0.05) is 164 Å². The van der Waals surface area contributed by atoms with E-state index in [9.17, 15) is 57.5 Å². The molecule has 810 valence electrons. The predicted molar refractivity (Wildman–Crippen MR) is 562 cm³/mol. The monoisotopic (exact) mass is 2070 g/mol. The highest BCUT2D eigenvalue weighted by atomic mass is 16.6. The van der Waals surface area contributed by atoms with Gasteiger partial charge in [-0.3, -0.25) is 57.5 Å². The number of piperazine rings is 4. The number of nitrogens with zero attached hydrogens (tertiary/aromatic N) is 8. The van der Waals surface area contributed by atoms with E-state index < -0.39 is 76.9 Å². The number of rotatable bonds is 33. The quantitative estimate of drug-likeness (QED) is 0.0209. The maximum atomic E-state index is 14.1. The fraction of sp³-hybridized carbons (Fsp3) is 0.538. The molecule has 12 atom stereocenters. The molecule has 33 nitrogen and oxygen atoms in total. The molecule has 9 aliphatic heterocycles. The summed E-state index contributed by atoms with van der Waals surface area (Å²) >= 11 is 0. The number of ether oxygens (including phenoxy) is 13. The molecule has 0 aromatic heterocycles. The van der Waals surface area contributed by atoms with E-state index in [1.165, 1.54) is 129 Å². The van der Waals surface area contributed by atoms with Gasteiger partial charge in [-0.05, 0) is 212 Å². The second kappa shape index (κ2) is 51.2. The van der Waals surface area contributed by atoms with Crippen molar-refractivity contribution in [2.75, 3.05) is 110 Å². The van der Waals surface area contributed by atoms with E-state index in [1.807, 2.05) is 143 Å². The fourth-order valence-electron chi connectivity index (χ4n) is 25.4. The lowest BCUT2D eigenvalue weighted by molar-refractivity contribution is -0.175. The third kappa shape index (κ3) is 23.7. The second-order valence-electron chi connectivity index (χ2n) is 40.7. The number of benzene rings is 7. The lowest BCUT2D eigenvalue weighted by Gasteiger charge is -2.56. The van der Waals surface area contributed by atoms with Gasteiger partial charge in [0.15, 0.2) is 40.7 Å². The highest BCUT2D eigenvalue weighted by molar-refractivity contribution is 6.45. The van der Waals surface area contributed by atoms with Crippen molar-refractivity contribution in [3.63, 3.8) is 0 Å². The number of carbonyl (C=O) groups is 12. The SMILES string of the molecule is C.C.C.C.COc1cc(C(=O)C(=O)N2C3CCCC2C(=O)N(C2CCCC2)C3)cc(OC)c1OC.COc1cc(C(=O)C(=O)N2C3CCCC2C(=O)N([C@@H](C)[C@@H](OCc2ccccc2)c2ccccc2)C3)cc(OC)c1OC.COc1cc(C(=O)C(=O)N2C3CCCC2C2OCC(COCc4ccccc4)N2C3=O)cc(OC)c1OC.O=C1C2CCCC(CN1CCOCc1ccccc1)N2C(=O)C(=O)C12CC3CC(CC(C3)C1)C2. The van der Waals surface area contributed by atoms with E-state index in [2.05, 4.69) is 0 Å². The third-order valence-corrected chi connectivity index (χ3v) is 32.0. The summed E-state index contributed by atoms with van der Waals surface area (Å²) in [6, 6.07) is 44.8. The van der Waals surface area contributed by atoms with Crippen molar-refractivity contribution < 1.29 is 119 Å². The molecule has 10 unspecified atom stereocenters. The lowest BCUT2D eigenvalue weighted by Crippen LogP contribution is -2.70. The molecule has 14 aliphatic rings. The molecule has 14 fully saturated rings. The minimum Gasteiger partial charge on any atom is -0.493 e. The lowest BCUT2D eigenvalue weighted by atomic mass is 9.48. The summed E-state index contributed by atoms with van der Waals surface area (Å²) < 4.78 is 72.3. The summed E-state index contributed by atoms with van der Waals surface area (Å²) in [7, 11) is 13.1. The molecule has 9 heterocycles. The topological polar surface area (TPSA) is 351 Å². The Morgan fingerprint density at radius 3 is 1.20 bits per heavy atom. The largest absolute Gasteiger partial charge is 0.493 e. The van der Waals surface area contributed by atoms with Crippen LogP contribution in [0.3, 0.4) is 0 Å². The van der Waals surface area contributed by atoms with Crippen molar-refractivity contribution in [2.45, 2.75) is 277 Å². The van der Waals surface area contributed by atoms with Gasteiger partial charge in [0, 0.05) is 54.3 Å². The van der Waals surface area contributed by atoms with Gasteiger partial charge in [-0.15, -0.1) is 0 Å². The number of piperidine rings is 4.